The van der Waals surface area contributed by atoms with Crippen LogP contribution in [0.25, 0.3) is 0 Å². The second-order valence-electron chi connectivity index (χ2n) is 5.95. The Kier molecular flexibility index (Phi) is 5.39. The third kappa shape index (κ3) is 4.42. The number of hydrogen-bond acceptors (Lipinski definition) is 6. The van der Waals surface area contributed by atoms with Crippen LogP contribution in [-0.4, -0.2) is 71.0 Å². The third-order valence-electron chi connectivity index (χ3n) is 4.16. The van der Waals surface area contributed by atoms with E-state index in [1.165, 1.54) is 0 Å². The Morgan fingerprint density at radius 3 is 2.56 bits per heavy atom. The smallest absolute Gasteiger partial charge is 0.276 e. The summed E-state index contributed by atoms with van der Waals surface area (Å²) in [5.74, 6) is 0.437. The van der Waals surface area contributed by atoms with Crippen LogP contribution in [0.4, 0.5) is 0 Å². The topological polar surface area (TPSA) is 91.6 Å². The van der Waals surface area contributed by atoms with Crippen LogP contribution in [-0.2, 0) is 0 Å². The van der Waals surface area contributed by atoms with E-state index < -0.39 is 0 Å². The number of aryl methyl sites for hydroxylation is 1. The first-order valence-corrected chi connectivity index (χ1v) is 8.26. The maximum atomic E-state index is 12.3. The lowest BCUT2D eigenvalue weighted by atomic mass is 10.2. The zero-order chi connectivity index (χ0) is 17.6. The SMILES string of the molecule is Cc1cc(C(=O)N2CCN(CCNC(=O)c3ccncc3)CC2)no1. The zero-order valence-corrected chi connectivity index (χ0v) is 14.1. The highest BCUT2D eigenvalue weighted by atomic mass is 16.5. The molecule has 2 aromatic rings. The molecule has 1 N–H and O–H groups in total. The molecular weight excluding hydrogens is 322 g/mol. The molecule has 2 amide bonds. The fourth-order valence-corrected chi connectivity index (χ4v) is 2.74. The zero-order valence-electron chi connectivity index (χ0n) is 14.1. The van der Waals surface area contributed by atoms with Gasteiger partial charge in [-0.15, -0.1) is 0 Å². The van der Waals surface area contributed by atoms with Crippen molar-refractivity contribution in [1.82, 2.24) is 25.3 Å². The summed E-state index contributed by atoms with van der Waals surface area (Å²) in [7, 11) is 0. The molecule has 0 aliphatic carbocycles. The fraction of sp³-hybridized carbons (Fsp3) is 0.412. The molecule has 1 aliphatic heterocycles. The fourth-order valence-electron chi connectivity index (χ4n) is 2.74. The number of carbonyl (C=O) groups excluding carboxylic acids is 2. The minimum absolute atomic E-state index is 0.0949. The molecule has 3 heterocycles. The van der Waals surface area contributed by atoms with Crippen molar-refractivity contribution in [3.63, 3.8) is 0 Å². The molecule has 1 saturated heterocycles. The van der Waals surface area contributed by atoms with Crippen LogP contribution in [0.15, 0.2) is 35.1 Å². The van der Waals surface area contributed by atoms with E-state index in [1.54, 1.807) is 42.4 Å². The molecule has 0 unspecified atom stereocenters. The highest BCUT2D eigenvalue weighted by Gasteiger charge is 2.24. The summed E-state index contributed by atoms with van der Waals surface area (Å²) >= 11 is 0. The second-order valence-corrected chi connectivity index (χ2v) is 5.95. The first-order chi connectivity index (χ1) is 12.1. The Morgan fingerprint density at radius 1 is 1.20 bits per heavy atom. The number of nitrogens with zero attached hydrogens (tertiary/aromatic N) is 4. The molecule has 25 heavy (non-hydrogen) atoms. The van der Waals surface area contributed by atoms with Gasteiger partial charge in [0, 0.05) is 63.3 Å². The molecule has 0 saturated carbocycles. The van der Waals surface area contributed by atoms with Crippen LogP contribution in [0, 0.1) is 6.92 Å². The minimum Gasteiger partial charge on any atom is -0.361 e. The van der Waals surface area contributed by atoms with Crippen LogP contribution in [0.1, 0.15) is 26.6 Å². The van der Waals surface area contributed by atoms with Crippen molar-refractivity contribution in [3.8, 4) is 0 Å². The van der Waals surface area contributed by atoms with Gasteiger partial charge in [-0.1, -0.05) is 5.16 Å². The number of piperazine rings is 1. The van der Waals surface area contributed by atoms with Gasteiger partial charge >= 0.3 is 0 Å². The van der Waals surface area contributed by atoms with Gasteiger partial charge in [0.1, 0.15) is 5.76 Å². The number of pyridine rings is 1. The average molecular weight is 343 g/mol. The Balaban J connectivity index is 1.39. The van der Waals surface area contributed by atoms with E-state index in [2.05, 4.69) is 20.4 Å². The average Bonchev–Trinajstić information content (AvgIpc) is 3.09. The van der Waals surface area contributed by atoms with Crippen LogP contribution in [0.2, 0.25) is 0 Å². The largest absolute Gasteiger partial charge is 0.361 e. The molecule has 3 rings (SSSR count). The molecular formula is C17H21N5O3. The predicted octanol–water partition coefficient (Wildman–Crippen LogP) is 0.566. The van der Waals surface area contributed by atoms with Crippen LogP contribution >= 0.6 is 0 Å². The first-order valence-electron chi connectivity index (χ1n) is 8.26. The number of nitrogens with one attached hydrogen (secondary N) is 1. The number of aromatic nitrogens is 2. The van der Waals surface area contributed by atoms with Crippen molar-refractivity contribution in [3.05, 3.63) is 47.6 Å². The summed E-state index contributed by atoms with van der Waals surface area (Å²) in [5.41, 5.74) is 0.962. The van der Waals surface area contributed by atoms with Crippen molar-refractivity contribution in [2.24, 2.45) is 0 Å². The van der Waals surface area contributed by atoms with Gasteiger partial charge in [-0.3, -0.25) is 19.5 Å². The number of hydrogen-bond donors (Lipinski definition) is 1. The monoisotopic (exact) mass is 343 g/mol. The highest BCUT2D eigenvalue weighted by molar-refractivity contribution is 5.94. The first kappa shape index (κ1) is 17.1. The van der Waals surface area contributed by atoms with E-state index in [0.29, 0.717) is 36.7 Å². The lowest BCUT2D eigenvalue weighted by molar-refractivity contribution is 0.0628. The summed E-state index contributed by atoms with van der Waals surface area (Å²) in [6.45, 7) is 5.91. The summed E-state index contributed by atoms with van der Waals surface area (Å²) in [6, 6.07) is 5.03. The summed E-state index contributed by atoms with van der Waals surface area (Å²) in [6.07, 6.45) is 3.20. The molecule has 0 bridgehead atoms. The van der Waals surface area contributed by atoms with Crippen molar-refractivity contribution < 1.29 is 14.1 Å². The van der Waals surface area contributed by atoms with Gasteiger partial charge in [0.2, 0.25) is 0 Å². The quantitative estimate of drug-likeness (QED) is 0.853. The van der Waals surface area contributed by atoms with Gasteiger partial charge < -0.3 is 14.7 Å². The Bertz CT molecular complexity index is 723. The third-order valence-corrected chi connectivity index (χ3v) is 4.16. The van der Waals surface area contributed by atoms with E-state index in [1.807, 2.05) is 0 Å². The summed E-state index contributed by atoms with van der Waals surface area (Å²) in [4.78, 5) is 32.2. The standard InChI is InChI=1S/C17H21N5O3/c1-13-12-15(20-25-13)17(24)22-10-8-21(9-11-22)7-6-19-16(23)14-2-4-18-5-3-14/h2-5,12H,6-11H2,1H3,(H,19,23). The molecule has 8 nitrogen and oxygen atoms in total. The maximum absolute atomic E-state index is 12.3. The molecule has 0 radical (unpaired) electrons. The molecule has 0 aromatic carbocycles. The van der Waals surface area contributed by atoms with Crippen LogP contribution in [0.5, 0.6) is 0 Å². The van der Waals surface area contributed by atoms with Crippen molar-refractivity contribution in [2.75, 3.05) is 39.3 Å². The van der Waals surface area contributed by atoms with E-state index in [9.17, 15) is 9.59 Å². The Labute approximate surface area is 145 Å². The summed E-state index contributed by atoms with van der Waals surface area (Å²) in [5, 5.41) is 6.67. The number of rotatable bonds is 5. The number of amides is 2. The molecule has 1 fully saturated rings. The Hall–Kier alpha value is -2.74. The second kappa shape index (κ2) is 7.89. The van der Waals surface area contributed by atoms with Crippen molar-refractivity contribution in [1.29, 1.82) is 0 Å². The highest BCUT2D eigenvalue weighted by Crippen LogP contribution is 2.09. The van der Waals surface area contributed by atoms with E-state index in [-0.39, 0.29) is 11.8 Å². The maximum Gasteiger partial charge on any atom is 0.276 e. The molecule has 0 spiro atoms. The van der Waals surface area contributed by atoms with Gasteiger partial charge in [0.25, 0.3) is 11.8 Å². The molecule has 2 aromatic heterocycles. The van der Waals surface area contributed by atoms with E-state index >= 15 is 0 Å². The lowest BCUT2D eigenvalue weighted by Gasteiger charge is -2.34. The normalized spacial score (nSPS) is 15.2. The molecule has 0 atom stereocenters. The molecule has 1 aliphatic rings. The van der Waals surface area contributed by atoms with Gasteiger partial charge in [-0.25, -0.2) is 0 Å². The van der Waals surface area contributed by atoms with Crippen LogP contribution in [0.3, 0.4) is 0 Å². The van der Waals surface area contributed by atoms with Crippen molar-refractivity contribution in [2.45, 2.75) is 6.92 Å². The van der Waals surface area contributed by atoms with Gasteiger partial charge in [0.15, 0.2) is 5.69 Å². The molecule has 132 valence electrons. The predicted molar refractivity (Wildman–Crippen MR) is 90.2 cm³/mol. The Morgan fingerprint density at radius 2 is 1.92 bits per heavy atom. The van der Waals surface area contributed by atoms with E-state index in [0.717, 1.165) is 19.6 Å². The van der Waals surface area contributed by atoms with E-state index in [4.69, 9.17) is 4.52 Å². The summed E-state index contributed by atoms with van der Waals surface area (Å²) < 4.78 is 4.96. The van der Waals surface area contributed by atoms with Gasteiger partial charge in [-0.05, 0) is 19.1 Å². The lowest BCUT2D eigenvalue weighted by Crippen LogP contribution is -2.50. The van der Waals surface area contributed by atoms with Gasteiger partial charge in [0.05, 0.1) is 0 Å². The van der Waals surface area contributed by atoms with Crippen molar-refractivity contribution >= 4 is 11.8 Å². The number of carbonyl (C=O) groups is 2. The van der Waals surface area contributed by atoms with Gasteiger partial charge in [-0.2, -0.15) is 0 Å². The molecule has 8 heteroatoms. The minimum atomic E-state index is -0.0994. The van der Waals surface area contributed by atoms with Crippen LogP contribution < -0.4 is 5.32 Å².